The van der Waals surface area contributed by atoms with Crippen LogP contribution >= 0.6 is 0 Å². The van der Waals surface area contributed by atoms with Gasteiger partial charge in [-0.05, 0) is 18.9 Å². The number of nitrogens with two attached hydrogens (primary N) is 1. The van der Waals surface area contributed by atoms with Crippen LogP contribution in [0.4, 0.5) is 0 Å². The molecule has 54 valence electrons. The van der Waals surface area contributed by atoms with Crippen LogP contribution < -0.4 is 5.73 Å². The largest absolute Gasteiger partial charge is 0.396 e. The van der Waals surface area contributed by atoms with Gasteiger partial charge in [0.1, 0.15) is 0 Å². The van der Waals surface area contributed by atoms with Gasteiger partial charge in [-0.15, -0.1) is 0 Å². The van der Waals surface area contributed by atoms with Crippen LogP contribution in [0.2, 0.25) is 0 Å². The van der Waals surface area contributed by atoms with E-state index < -0.39 is 0 Å². The van der Waals surface area contributed by atoms with Gasteiger partial charge in [0.15, 0.2) is 0 Å². The number of aliphatic hydroxyl groups is 2. The summed E-state index contributed by atoms with van der Waals surface area (Å²) in [5.41, 5.74) is 5.12. The molecule has 1 aliphatic rings. The Balaban J connectivity index is 2.37. The Kier molecular flexibility index (Phi) is 1.75. The predicted molar refractivity (Wildman–Crippen MR) is 33.8 cm³/mol. The van der Waals surface area contributed by atoms with E-state index in [4.69, 9.17) is 15.9 Å². The maximum absolute atomic E-state index is 8.74. The Hall–Kier alpha value is -0.120. The summed E-state index contributed by atoms with van der Waals surface area (Å²) in [7, 11) is 0. The molecule has 0 bridgehead atoms. The van der Waals surface area contributed by atoms with Crippen molar-refractivity contribution in [2.75, 3.05) is 19.8 Å². The molecule has 9 heavy (non-hydrogen) atoms. The minimum absolute atomic E-state index is 0.0748. The van der Waals surface area contributed by atoms with Crippen LogP contribution in [0.15, 0.2) is 0 Å². The van der Waals surface area contributed by atoms with E-state index in [1.165, 1.54) is 0 Å². The van der Waals surface area contributed by atoms with Crippen LogP contribution in [-0.4, -0.2) is 30.0 Å². The summed E-state index contributed by atoms with van der Waals surface area (Å²) in [4.78, 5) is 0. The first-order chi connectivity index (χ1) is 4.29. The second-order valence-electron chi connectivity index (χ2n) is 2.82. The first-order valence-electron chi connectivity index (χ1n) is 3.21. The van der Waals surface area contributed by atoms with Crippen LogP contribution in [0.5, 0.6) is 0 Å². The maximum atomic E-state index is 8.74. The van der Waals surface area contributed by atoms with Crippen LogP contribution in [0.25, 0.3) is 0 Å². The molecule has 0 aromatic carbocycles. The van der Waals surface area contributed by atoms with Gasteiger partial charge in [-0.3, -0.25) is 0 Å². The number of hydrogen-bond acceptors (Lipinski definition) is 3. The predicted octanol–water partition coefficient (Wildman–Crippen LogP) is -1.06. The Morgan fingerprint density at radius 3 is 2.11 bits per heavy atom. The molecule has 4 N–H and O–H groups in total. The van der Waals surface area contributed by atoms with Gasteiger partial charge >= 0.3 is 0 Å². The van der Waals surface area contributed by atoms with Crippen molar-refractivity contribution in [1.82, 2.24) is 0 Å². The van der Waals surface area contributed by atoms with Gasteiger partial charge in [0.2, 0.25) is 0 Å². The standard InChI is InChI=1S/C6H13NO2/c7-2-5-1-6(5,3-8)4-9/h5,8-9H,1-4,7H2. The lowest BCUT2D eigenvalue weighted by molar-refractivity contribution is 0.122. The van der Waals surface area contributed by atoms with Crippen LogP contribution in [-0.2, 0) is 0 Å². The molecule has 0 aliphatic heterocycles. The van der Waals surface area contributed by atoms with Gasteiger partial charge < -0.3 is 15.9 Å². The zero-order valence-corrected chi connectivity index (χ0v) is 5.38. The SMILES string of the molecule is NCC1CC1(CO)CO. The molecular formula is C6H13NO2. The van der Waals surface area contributed by atoms with Gasteiger partial charge in [-0.1, -0.05) is 0 Å². The summed E-state index contributed by atoms with van der Waals surface area (Å²) in [6, 6.07) is 0. The molecule has 1 unspecified atom stereocenters. The molecule has 0 radical (unpaired) electrons. The lowest BCUT2D eigenvalue weighted by Crippen LogP contribution is -2.18. The van der Waals surface area contributed by atoms with Crippen molar-refractivity contribution in [3.8, 4) is 0 Å². The van der Waals surface area contributed by atoms with E-state index in [2.05, 4.69) is 0 Å². The minimum Gasteiger partial charge on any atom is -0.396 e. The third kappa shape index (κ3) is 0.956. The summed E-state index contributed by atoms with van der Waals surface area (Å²) in [6.45, 7) is 0.734. The molecular weight excluding hydrogens is 118 g/mol. The number of aliphatic hydroxyl groups excluding tert-OH is 2. The van der Waals surface area contributed by atoms with E-state index in [0.717, 1.165) is 6.42 Å². The molecule has 1 rings (SSSR count). The average Bonchev–Trinajstić information content (AvgIpc) is 2.63. The Bertz CT molecular complexity index is 101. The monoisotopic (exact) mass is 131 g/mol. The van der Waals surface area contributed by atoms with Crippen molar-refractivity contribution in [2.24, 2.45) is 17.1 Å². The van der Waals surface area contributed by atoms with Gasteiger partial charge in [0, 0.05) is 5.41 Å². The third-order valence-electron chi connectivity index (χ3n) is 2.27. The van der Waals surface area contributed by atoms with Crippen molar-refractivity contribution < 1.29 is 10.2 Å². The first-order valence-corrected chi connectivity index (χ1v) is 3.21. The zero-order chi connectivity index (χ0) is 6.91. The van der Waals surface area contributed by atoms with Crippen LogP contribution in [0.3, 0.4) is 0 Å². The van der Waals surface area contributed by atoms with Crippen molar-refractivity contribution >= 4 is 0 Å². The van der Waals surface area contributed by atoms with E-state index in [0.29, 0.717) is 12.5 Å². The second-order valence-corrected chi connectivity index (χ2v) is 2.82. The van der Waals surface area contributed by atoms with E-state index in [-0.39, 0.29) is 18.6 Å². The van der Waals surface area contributed by atoms with E-state index in [9.17, 15) is 0 Å². The highest BCUT2D eigenvalue weighted by Crippen LogP contribution is 2.50. The molecule has 3 heteroatoms. The lowest BCUT2D eigenvalue weighted by atomic mass is 10.1. The maximum Gasteiger partial charge on any atom is 0.0512 e. The highest BCUT2D eigenvalue weighted by molar-refractivity contribution is 5.01. The smallest absolute Gasteiger partial charge is 0.0512 e. The fourth-order valence-corrected chi connectivity index (χ4v) is 1.20. The molecule has 1 fully saturated rings. The van der Waals surface area contributed by atoms with Crippen molar-refractivity contribution in [1.29, 1.82) is 0 Å². The Morgan fingerprint density at radius 2 is 2.00 bits per heavy atom. The number of hydrogen-bond donors (Lipinski definition) is 3. The molecule has 0 aromatic rings. The topological polar surface area (TPSA) is 66.5 Å². The quantitative estimate of drug-likeness (QED) is 0.457. The Morgan fingerprint density at radius 1 is 1.44 bits per heavy atom. The van der Waals surface area contributed by atoms with E-state index in [1.807, 2.05) is 0 Å². The van der Waals surface area contributed by atoms with Crippen molar-refractivity contribution in [2.45, 2.75) is 6.42 Å². The first kappa shape index (κ1) is 6.99. The molecule has 0 aromatic heterocycles. The summed E-state index contributed by atoms with van der Waals surface area (Å²) >= 11 is 0. The van der Waals surface area contributed by atoms with Gasteiger partial charge in [-0.2, -0.15) is 0 Å². The zero-order valence-electron chi connectivity index (χ0n) is 5.38. The fourth-order valence-electron chi connectivity index (χ4n) is 1.20. The molecule has 1 saturated carbocycles. The lowest BCUT2D eigenvalue weighted by Gasteiger charge is -2.07. The highest BCUT2D eigenvalue weighted by atomic mass is 16.3. The molecule has 0 spiro atoms. The molecule has 0 amide bonds. The van der Waals surface area contributed by atoms with Crippen molar-refractivity contribution in [3.05, 3.63) is 0 Å². The number of rotatable bonds is 3. The minimum atomic E-state index is -0.214. The molecule has 0 heterocycles. The van der Waals surface area contributed by atoms with E-state index >= 15 is 0 Å². The summed E-state index contributed by atoms with van der Waals surface area (Å²) in [5, 5.41) is 17.5. The second kappa shape index (κ2) is 2.25. The van der Waals surface area contributed by atoms with Gasteiger partial charge in [0.05, 0.1) is 13.2 Å². The summed E-state index contributed by atoms with van der Waals surface area (Å²) in [5.74, 6) is 0.354. The van der Waals surface area contributed by atoms with Crippen LogP contribution in [0, 0.1) is 11.3 Å². The third-order valence-corrected chi connectivity index (χ3v) is 2.27. The molecule has 1 aliphatic carbocycles. The summed E-state index contributed by atoms with van der Waals surface area (Å²) in [6.07, 6.45) is 0.885. The molecule has 0 saturated heterocycles. The van der Waals surface area contributed by atoms with E-state index in [1.54, 1.807) is 0 Å². The highest BCUT2D eigenvalue weighted by Gasteiger charge is 2.52. The summed E-state index contributed by atoms with van der Waals surface area (Å²) < 4.78 is 0. The van der Waals surface area contributed by atoms with Crippen LogP contribution in [0.1, 0.15) is 6.42 Å². The Labute approximate surface area is 54.5 Å². The fraction of sp³-hybridized carbons (Fsp3) is 1.00. The molecule has 1 atom stereocenters. The van der Waals surface area contributed by atoms with Gasteiger partial charge in [0.25, 0.3) is 0 Å². The van der Waals surface area contributed by atoms with Crippen molar-refractivity contribution in [3.63, 3.8) is 0 Å². The molecule has 3 nitrogen and oxygen atoms in total. The normalized spacial score (nSPS) is 30.3. The average molecular weight is 131 g/mol. The van der Waals surface area contributed by atoms with Gasteiger partial charge in [-0.25, -0.2) is 0 Å².